The highest BCUT2D eigenvalue weighted by Crippen LogP contribution is 2.16. The second-order valence-corrected chi connectivity index (χ2v) is 5.09. The number of aromatic nitrogens is 2. The van der Waals surface area contributed by atoms with Crippen molar-refractivity contribution in [2.24, 2.45) is 0 Å². The summed E-state index contributed by atoms with van der Waals surface area (Å²) in [6, 6.07) is 7.64. The minimum Gasteiger partial charge on any atom is -0.383 e. The third-order valence-electron chi connectivity index (χ3n) is 2.61. The minimum atomic E-state index is -0.220. The van der Waals surface area contributed by atoms with Crippen molar-refractivity contribution in [2.75, 3.05) is 25.6 Å². The molecule has 0 saturated carbocycles. The highest BCUT2D eigenvalue weighted by Gasteiger charge is 2.06. The van der Waals surface area contributed by atoms with Gasteiger partial charge in [-0.25, -0.2) is 9.97 Å². The molecular formula is C14H15BrN4O2. The van der Waals surface area contributed by atoms with Gasteiger partial charge in [0.2, 0.25) is 5.95 Å². The molecule has 2 N–H and O–H groups in total. The lowest BCUT2D eigenvalue weighted by Gasteiger charge is -2.06. The van der Waals surface area contributed by atoms with E-state index in [2.05, 4.69) is 36.5 Å². The van der Waals surface area contributed by atoms with Gasteiger partial charge in [0.15, 0.2) is 0 Å². The van der Waals surface area contributed by atoms with Crippen LogP contribution in [0.15, 0.2) is 41.1 Å². The molecule has 1 heterocycles. The number of carbonyl (C=O) groups excluding carboxylic acids is 1. The lowest BCUT2D eigenvalue weighted by molar-refractivity contribution is 0.0936. The van der Waals surface area contributed by atoms with Crippen LogP contribution in [0.25, 0.3) is 0 Å². The Kier molecular flexibility index (Phi) is 5.65. The van der Waals surface area contributed by atoms with Gasteiger partial charge in [0.1, 0.15) is 0 Å². The smallest absolute Gasteiger partial charge is 0.254 e. The maximum atomic E-state index is 11.8. The number of hydrogen-bond acceptors (Lipinski definition) is 5. The van der Waals surface area contributed by atoms with Crippen molar-refractivity contribution >= 4 is 33.5 Å². The summed E-state index contributed by atoms with van der Waals surface area (Å²) in [5.41, 5.74) is 1.28. The minimum absolute atomic E-state index is 0.220. The molecule has 6 nitrogen and oxygen atoms in total. The first-order valence-electron chi connectivity index (χ1n) is 6.31. The van der Waals surface area contributed by atoms with Crippen LogP contribution in [0.2, 0.25) is 0 Å². The molecule has 21 heavy (non-hydrogen) atoms. The molecule has 0 aliphatic rings. The number of halogens is 1. The molecule has 0 fully saturated rings. The van der Waals surface area contributed by atoms with Crippen LogP contribution >= 0.6 is 15.9 Å². The highest BCUT2D eigenvalue weighted by atomic mass is 79.9. The van der Waals surface area contributed by atoms with E-state index in [0.29, 0.717) is 24.7 Å². The first-order chi connectivity index (χ1) is 10.2. The molecule has 110 valence electrons. The molecule has 0 saturated heterocycles. The summed E-state index contributed by atoms with van der Waals surface area (Å²) < 4.78 is 5.86. The van der Waals surface area contributed by atoms with E-state index in [-0.39, 0.29) is 5.91 Å². The van der Waals surface area contributed by atoms with Gasteiger partial charge >= 0.3 is 0 Å². The average molecular weight is 351 g/mol. The molecule has 2 aromatic rings. The van der Waals surface area contributed by atoms with Crippen LogP contribution in [-0.2, 0) is 4.74 Å². The summed E-state index contributed by atoms with van der Waals surface area (Å²) in [6.07, 6.45) is 2.96. The number of methoxy groups -OCH3 is 1. The SMILES string of the molecule is COCCNC(=O)c1cnc(Nc2ccc(Br)cc2)nc1. The van der Waals surface area contributed by atoms with Crippen LogP contribution in [-0.4, -0.2) is 36.1 Å². The third-order valence-corrected chi connectivity index (χ3v) is 3.13. The molecule has 0 atom stereocenters. The van der Waals surface area contributed by atoms with Gasteiger partial charge in [-0.15, -0.1) is 0 Å². The Balaban J connectivity index is 1.95. The molecule has 1 amide bonds. The standard InChI is InChI=1S/C14H15BrN4O2/c1-21-7-6-16-13(20)10-8-17-14(18-9-10)19-12-4-2-11(15)3-5-12/h2-5,8-9H,6-7H2,1H3,(H,16,20)(H,17,18,19). The molecular weight excluding hydrogens is 336 g/mol. The van der Waals surface area contributed by atoms with Gasteiger partial charge in [-0.3, -0.25) is 4.79 Å². The summed E-state index contributed by atoms with van der Waals surface area (Å²) in [7, 11) is 1.58. The Labute approximate surface area is 131 Å². The van der Waals surface area contributed by atoms with Crippen LogP contribution in [0.1, 0.15) is 10.4 Å². The summed E-state index contributed by atoms with van der Waals surface area (Å²) in [4.78, 5) is 20.0. The zero-order valence-corrected chi connectivity index (χ0v) is 13.1. The first-order valence-corrected chi connectivity index (χ1v) is 7.10. The topological polar surface area (TPSA) is 76.1 Å². The Hall–Kier alpha value is -1.99. The number of benzene rings is 1. The van der Waals surface area contributed by atoms with Gasteiger partial charge in [0.05, 0.1) is 12.2 Å². The number of ether oxygens (including phenoxy) is 1. The second kappa shape index (κ2) is 7.70. The Morgan fingerprint density at radius 2 is 1.90 bits per heavy atom. The number of hydrogen-bond donors (Lipinski definition) is 2. The molecule has 0 aliphatic heterocycles. The molecule has 0 spiro atoms. The largest absolute Gasteiger partial charge is 0.383 e. The second-order valence-electron chi connectivity index (χ2n) is 4.18. The van der Waals surface area contributed by atoms with Crippen LogP contribution in [0, 0.1) is 0 Å². The molecule has 0 unspecified atom stereocenters. The van der Waals surface area contributed by atoms with Crippen LogP contribution in [0.4, 0.5) is 11.6 Å². The predicted octanol–water partition coefficient (Wildman–Crippen LogP) is 2.36. The number of amides is 1. The van der Waals surface area contributed by atoms with Crippen molar-refractivity contribution in [1.29, 1.82) is 0 Å². The zero-order chi connectivity index (χ0) is 15.1. The van der Waals surface area contributed by atoms with E-state index in [0.717, 1.165) is 10.2 Å². The van der Waals surface area contributed by atoms with Crippen molar-refractivity contribution < 1.29 is 9.53 Å². The van der Waals surface area contributed by atoms with Crippen LogP contribution < -0.4 is 10.6 Å². The zero-order valence-electron chi connectivity index (χ0n) is 11.5. The normalized spacial score (nSPS) is 10.2. The van der Waals surface area contributed by atoms with Gasteiger partial charge in [0.25, 0.3) is 5.91 Å². The molecule has 7 heteroatoms. The molecule has 0 aliphatic carbocycles. The van der Waals surface area contributed by atoms with Crippen molar-refractivity contribution in [3.05, 3.63) is 46.7 Å². The van der Waals surface area contributed by atoms with Gasteiger partial charge in [-0.2, -0.15) is 0 Å². The maximum Gasteiger partial charge on any atom is 0.254 e. The Morgan fingerprint density at radius 1 is 1.24 bits per heavy atom. The van der Waals surface area contributed by atoms with E-state index in [1.165, 1.54) is 12.4 Å². The quantitative estimate of drug-likeness (QED) is 0.782. The summed E-state index contributed by atoms with van der Waals surface area (Å²) >= 11 is 3.37. The van der Waals surface area contributed by atoms with Crippen molar-refractivity contribution in [2.45, 2.75) is 0 Å². The van der Waals surface area contributed by atoms with E-state index in [9.17, 15) is 4.79 Å². The van der Waals surface area contributed by atoms with Crippen molar-refractivity contribution in [3.63, 3.8) is 0 Å². The Morgan fingerprint density at radius 3 is 2.52 bits per heavy atom. The van der Waals surface area contributed by atoms with Crippen LogP contribution in [0.5, 0.6) is 0 Å². The lowest BCUT2D eigenvalue weighted by atomic mass is 10.3. The van der Waals surface area contributed by atoms with Crippen molar-refractivity contribution in [1.82, 2.24) is 15.3 Å². The average Bonchev–Trinajstić information content (AvgIpc) is 2.50. The molecule has 1 aromatic heterocycles. The summed E-state index contributed by atoms with van der Waals surface area (Å²) in [5, 5.41) is 5.76. The monoisotopic (exact) mass is 350 g/mol. The number of anilines is 2. The molecule has 0 radical (unpaired) electrons. The third kappa shape index (κ3) is 4.80. The Bertz CT molecular complexity index is 587. The van der Waals surface area contributed by atoms with E-state index in [4.69, 9.17) is 4.74 Å². The van der Waals surface area contributed by atoms with Gasteiger partial charge in [0, 0.05) is 36.2 Å². The number of rotatable bonds is 6. The van der Waals surface area contributed by atoms with E-state index in [1.54, 1.807) is 7.11 Å². The van der Waals surface area contributed by atoms with Gasteiger partial charge < -0.3 is 15.4 Å². The van der Waals surface area contributed by atoms with Crippen molar-refractivity contribution in [3.8, 4) is 0 Å². The van der Waals surface area contributed by atoms with E-state index < -0.39 is 0 Å². The lowest BCUT2D eigenvalue weighted by Crippen LogP contribution is -2.27. The predicted molar refractivity (Wildman–Crippen MR) is 83.7 cm³/mol. The van der Waals surface area contributed by atoms with E-state index >= 15 is 0 Å². The molecule has 0 bridgehead atoms. The number of nitrogens with zero attached hydrogens (tertiary/aromatic N) is 2. The fourth-order valence-electron chi connectivity index (χ4n) is 1.54. The van der Waals surface area contributed by atoms with Crippen LogP contribution in [0.3, 0.4) is 0 Å². The van der Waals surface area contributed by atoms with Gasteiger partial charge in [-0.05, 0) is 24.3 Å². The van der Waals surface area contributed by atoms with E-state index in [1.807, 2.05) is 24.3 Å². The molecule has 2 rings (SSSR count). The fraction of sp³-hybridized carbons (Fsp3) is 0.214. The maximum absolute atomic E-state index is 11.8. The highest BCUT2D eigenvalue weighted by molar-refractivity contribution is 9.10. The molecule has 1 aromatic carbocycles. The number of carbonyl (C=O) groups is 1. The number of nitrogens with one attached hydrogen (secondary N) is 2. The van der Waals surface area contributed by atoms with Gasteiger partial charge in [-0.1, -0.05) is 15.9 Å². The fourth-order valence-corrected chi connectivity index (χ4v) is 1.81. The summed E-state index contributed by atoms with van der Waals surface area (Å²) in [6.45, 7) is 0.921. The first kappa shape index (κ1) is 15.4. The summed E-state index contributed by atoms with van der Waals surface area (Å²) in [5.74, 6) is 0.216.